The Labute approximate surface area is 129 Å². The van der Waals surface area contributed by atoms with Gasteiger partial charge in [0.15, 0.2) is 0 Å². The number of aromatic nitrogens is 1. The Morgan fingerprint density at radius 1 is 1.23 bits per heavy atom. The molecule has 4 nitrogen and oxygen atoms in total. The van der Waals surface area contributed by atoms with Crippen molar-refractivity contribution in [3.05, 3.63) is 47.1 Å². The SMILES string of the molecule is CC(=O)Nc1ccc(Nc2ccc(Cl)cc2C(F)(F)F)nc1. The number of carbonyl (C=O) groups is 1. The molecule has 22 heavy (non-hydrogen) atoms. The molecule has 0 bridgehead atoms. The third kappa shape index (κ3) is 4.11. The molecule has 0 unspecified atom stereocenters. The molecule has 0 aliphatic heterocycles. The second kappa shape index (κ2) is 6.23. The Balaban J connectivity index is 2.25. The summed E-state index contributed by atoms with van der Waals surface area (Å²) in [6.07, 6.45) is -3.20. The standard InChI is InChI=1S/C14H11ClF3N3O/c1-8(22)20-10-3-5-13(19-7-10)21-12-4-2-9(15)6-11(12)14(16,17)18/h2-7H,1H3,(H,19,21)(H,20,22). The van der Waals surface area contributed by atoms with Gasteiger partial charge in [0.25, 0.3) is 0 Å². The van der Waals surface area contributed by atoms with Gasteiger partial charge in [0.1, 0.15) is 5.82 Å². The lowest BCUT2D eigenvalue weighted by Gasteiger charge is -2.14. The van der Waals surface area contributed by atoms with E-state index in [1.165, 1.54) is 37.4 Å². The molecule has 0 aliphatic carbocycles. The number of halogens is 4. The van der Waals surface area contributed by atoms with Crippen LogP contribution in [-0.4, -0.2) is 10.9 Å². The summed E-state index contributed by atoms with van der Waals surface area (Å²) < 4.78 is 38.9. The molecule has 8 heteroatoms. The fourth-order valence-electron chi connectivity index (χ4n) is 1.74. The van der Waals surface area contributed by atoms with E-state index in [1.54, 1.807) is 0 Å². The largest absolute Gasteiger partial charge is 0.418 e. The zero-order chi connectivity index (χ0) is 16.3. The van der Waals surface area contributed by atoms with E-state index >= 15 is 0 Å². The van der Waals surface area contributed by atoms with Crippen LogP contribution in [-0.2, 0) is 11.0 Å². The smallest absolute Gasteiger partial charge is 0.340 e. The molecule has 0 fully saturated rings. The van der Waals surface area contributed by atoms with E-state index in [0.29, 0.717) is 5.69 Å². The number of hydrogen-bond acceptors (Lipinski definition) is 3. The summed E-state index contributed by atoms with van der Waals surface area (Å²) in [5.74, 6) is -0.0542. The molecule has 2 rings (SSSR count). The summed E-state index contributed by atoms with van der Waals surface area (Å²) in [5, 5.41) is 5.09. The number of nitrogens with zero attached hydrogens (tertiary/aromatic N) is 1. The molecule has 0 saturated carbocycles. The van der Waals surface area contributed by atoms with Gasteiger partial charge in [-0.15, -0.1) is 0 Å². The van der Waals surface area contributed by atoms with Crippen LogP contribution in [0.1, 0.15) is 12.5 Å². The highest BCUT2D eigenvalue weighted by Gasteiger charge is 2.33. The van der Waals surface area contributed by atoms with Crippen LogP contribution in [0.5, 0.6) is 0 Å². The van der Waals surface area contributed by atoms with E-state index in [-0.39, 0.29) is 22.4 Å². The van der Waals surface area contributed by atoms with Gasteiger partial charge in [0.2, 0.25) is 5.91 Å². The highest BCUT2D eigenvalue weighted by molar-refractivity contribution is 6.30. The Bertz CT molecular complexity index is 687. The van der Waals surface area contributed by atoms with E-state index < -0.39 is 11.7 Å². The van der Waals surface area contributed by atoms with Crippen LogP contribution in [0.4, 0.5) is 30.4 Å². The van der Waals surface area contributed by atoms with Gasteiger partial charge in [-0.2, -0.15) is 13.2 Å². The van der Waals surface area contributed by atoms with E-state index in [1.807, 2.05) is 0 Å². The molecule has 1 aromatic heterocycles. The van der Waals surface area contributed by atoms with Crippen molar-refractivity contribution in [2.24, 2.45) is 0 Å². The molecule has 0 aliphatic rings. The van der Waals surface area contributed by atoms with Gasteiger partial charge in [0.05, 0.1) is 23.1 Å². The molecule has 116 valence electrons. The molecule has 0 spiro atoms. The number of rotatable bonds is 3. The van der Waals surface area contributed by atoms with Crippen molar-refractivity contribution in [3.8, 4) is 0 Å². The van der Waals surface area contributed by atoms with Crippen molar-refractivity contribution >= 4 is 34.7 Å². The minimum absolute atomic E-state index is 0.00756. The number of amides is 1. The number of benzene rings is 1. The van der Waals surface area contributed by atoms with Crippen LogP contribution in [0.2, 0.25) is 5.02 Å². The Morgan fingerprint density at radius 3 is 2.50 bits per heavy atom. The summed E-state index contributed by atoms with van der Waals surface area (Å²) in [6.45, 7) is 1.34. The first kappa shape index (κ1) is 16.1. The molecular weight excluding hydrogens is 319 g/mol. The van der Waals surface area contributed by atoms with Crippen LogP contribution >= 0.6 is 11.6 Å². The highest BCUT2D eigenvalue weighted by Crippen LogP contribution is 2.37. The Morgan fingerprint density at radius 2 is 1.95 bits per heavy atom. The summed E-state index contributed by atoms with van der Waals surface area (Å²) in [5.41, 5.74) is -0.588. The van der Waals surface area contributed by atoms with Crippen molar-refractivity contribution < 1.29 is 18.0 Å². The second-order valence-corrected chi connectivity index (χ2v) is 4.86. The predicted octanol–water partition coefficient (Wildman–Crippen LogP) is 4.46. The molecule has 0 saturated heterocycles. The van der Waals surface area contributed by atoms with Gasteiger partial charge < -0.3 is 10.6 Å². The Hall–Kier alpha value is -2.28. The van der Waals surface area contributed by atoms with Gasteiger partial charge in [0, 0.05) is 11.9 Å². The summed E-state index contributed by atoms with van der Waals surface area (Å²) >= 11 is 5.61. The lowest BCUT2D eigenvalue weighted by atomic mass is 10.1. The van der Waals surface area contributed by atoms with E-state index in [0.717, 1.165) is 6.07 Å². The molecule has 1 aromatic carbocycles. The van der Waals surface area contributed by atoms with Crippen molar-refractivity contribution in [2.75, 3.05) is 10.6 Å². The third-order valence-corrected chi connectivity index (χ3v) is 2.87. The molecule has 2 aromatic rings. The zero-order valence-electron chi connectivity index (χ0n) is 11.3. The number of pyridine rings is 1. The summed E-state index contributed by atoms with van der Waals surface area (Å²) in [7, 11) is 0. The van der Waals surface area contributed by atoms with Gasteiger partial charge in [-0.3, -0.25) is 4.79 Å². The number of carbonyl (C=O) groups excluding carboxylic acids is 1. The molecule has 2 N–H and O–H groups in total. The van der Waals surface area contributed by atoms with Gasteiger partial charge in [-0.1, -0.05) is 11.6 Å². The lowest BCUT2D eigenvalue weighted by molar-refractivity contribution is -0.136. The van der Waals surface area contributed by atoms with Crippen molar-refractivity contribution in [3.63, 3.8) is 0 Å². The first-order valence-electron chi connectivity index (χ1n) is 6.13. The zero-order valence-corrected chi connectivity index (χ0v) is 12.1. The average Bonchev–Trinajstić information content (AvgIpc) is 2.41. The number of nitrogens with one attached hydrogen (secondary N) is 2. The third-order valence-electron chi connectivity index (χ3n) is 2.63. The van der Waals surface area contributed by atoms with Crippen molar-refractivity contribution in [2.45, 2.75) is 13.1 Å². The van der Waals surface area contributed by atoms with E-state index in [9.17, 15) is 18.0 Å². The van der Waals surface area contributed by atoms with Crippen molar-refractivity contribution in [1.29, 1.82) is 0 Å². The van der Waals surface area contributed by atoms with Crippen LogP contribution in [0.25, 0.3) is 0 Å². The quantitative estimate of drug-likeness (QED) is 0.874. The van der Waals surface area contributed by atoms with E-state index in [4.69, 9.17) is 11.6 Å². The first-order valence-corrected chi connectivity index (χ1v) is 6.51. The van der Waals surface area contributed by atoms with E-state index in [2.05, 4.69) is 15.6 Å². The van der Waals surface area contributed by atoms with Crippen LogP contribution in [0.3, 0.4) is 0 Å². The van der Waals surface area contributed by atoms with Gasteiger partial charge in [-0.05, 0) is 30.3 Å². The van der Waals surface area contributed by atoms with Crippen LogP contribution < -0.4 is 10.6 Å². The first-order chi connectivity index (χ1) is 10.3. The summed E-state index contributed by atoms with van der Waals surface area (Å²) in [4.78, 5) is 14.8. The second-order valence-electron chi connectivity index (χ2n) is 4.43. The summed E-state index contributed by atoms with van der Waals surface area (Å²) in [6, 6.07) is 6.41. The normalized spacial score (nSPS) is 11.1. The predicted molar refractivity (Wildman–Crippen MR) is 78.3 cm³/mol. The van der Waals surface area contributed by atoms with Crippen molar-refractivity contribution in [1.82, 2.24) is 4.98 Å². The molecule has 1 amide bonds. The minimum atomic E-state index is -4.54. The maximum Gasteiger partial charge on any atom is 0.418 e. The number of hydrogen-bond donors (Lipinski definition) is 2. The maximum absolute atomic E-state index is 13.0. The topological polar surface area (TPSA) is 54.0 Å². The fourth-order valence-corrected chi connectivity index (χ4v) is 1.92. The van der Waals surface area contributed by atoms with Gasteiger partial charge >= 0.3 is 6.18 Å². The molecule has 0 radical (unpaired) electrons. The van der Waals surface area contributed by atoms with Crippen LogP contribution in [0.15, 0.2) is 36.5 Å². The monoisotopic (exact) mass is 329 g/mol. The minimum Gasteiger partial charge on any atom is -0.340 e. The van der Waals surface area contributed by atoms with Gasteiger partial charge in [-0.25, -0.2) is 4.98 Å². The highest BCUT2D eigenvalue weighted by atomic mass is 35.5. The Kier molecular flexibility index (Phi) is 4.56. The average molecular weight is 330 g/mol. The van der Waals surface area contributed by atoms with Crippen LogP contribution in [0, 0.1) is 0 Å². The molecular formula is C14H11ClF3N3O. The molecule has 0 atom stereocenters. The fraction of sp³-hybridized carbons (Fsp3) is 0.143. The number of anilines is 3. The maximum atomic E-state index is 13.0. The molecule has 1 heterocycles. The number of alkyl halides is 3. The lowest BCUT2D eigenvalue weighted by Crippen LogP contribution is -2.09.